The molecule has 116 valence electrons. The molecule has 1 aromatic carbocycles. The number of hydrogen-bond donors (Lipinski definition) is 1. The largest absolute Gasteiger partial charge is 0.438 e. The number of benzene rings is 1. The smallest absolute Gasteiger partial charge is 0.225 e. The molecule has 23 heavy (non-hydrogen) atoms. The summed E-state index contributed by atoms with van der Waals surface area (Å²) in [6.45, 7) is 1.34. The quantitative estimate of drug-likeness (QED) is 0.820. The Morgan fingerprint density at radius 2 is 1.91 bits per heavy atom. The zero-order valence-corrected chi connectivity index (χ0v) is 12.6. The van der Waals surface area contributed by atoms with Crippen molar-refractivity contribution in [1.29, 1.82) is 5.26 Å². The molecule has 1 unspecified atom stereocenters. The van der Waals surface area contributed by atoms with Crippen molar-refractivity contribution in [2.75, 3.05) is 13.1 Å². The summed E-state index contributed by atoms with van der Waals surface area (Å²) in [7, 11) is 0. The van der Waals surface area contributed by atoms with E-state index in [1.54, 1.807) is 11.1 Å². The molecule has 1 atom stereocenters. The van der Waals surface area contributed by atoms with Gasteiger partial charge in [-0.3, -0.25) is 0 Å². The molecule has 0 spiro atoms. The number of hydrogen-bond acceptors (Lipinski definition) is 5. The monoisotopic (exact) mass is 307 g/mol. The van der Waals surface area contributed by atoms with Gasteiger partial charge in [0.15, 0.2) is 6.19 Å². The molecule has 0 radical (unpaired) electrons. The van der Waals surface area contributed by atoms with Gasteiger partial charge in [0.25, 0.3) is 0 Å². The van der Waals surface area contributed by atoms with Gasteiger partial charge in [-0.1, -0.05) is 18.2 Å². The van der Waals surface area contributed by atoms with Crippen molar-refractivity contribution in [3.8, 4) is 17.8 Å². The van der Waals surface area contributed by atoms with Crippen molar-refractivity contribution < 1.29 is 9.84 Å². The van der Waals surface area contributed by atoms with Gasteiger partial charge in [0.1, 0.15) is 11.4 Å². The molecular weight excluding hydrogens is 290 g/mol. The average molecular weight is 307 g/mol. The topological polar surface area (TPSA) is 69.4 Å². The summed E-state index contributed by atoms with van der Waals surface area (Å²) in [5.74, 6) is 1.15. The van der Waals surface area contributed by atoms with Gasteiger partial charge in [-0.25, -0.2) is 4.98 Å². The first-order chi connectivity index (χ1) is 11.2. The number of pyridine rings is 1. The number of aromatic nitrogens is 1. The first-order valence-corrected chi connectivity index (χ1v) is 7.83. The van der Waals surface area contributed by atoms with Gasteiger partial charge in [0.05, 0.1) is 5.56 Å². The fourth-order valence-electron chi connectivity index (χ4n) is 3.72. The summed E-state index contributed by atoms with van der Waals surface area (Å²) >= 11 is 0. The lowest BCUT2D eigenvalue weighted by Gasteiger charge is -2.43. The second-order valence-corrected chi connectivity index (χ2v) is 6.08. The third-order valence-electron chi connectivity index (χ3n) is 4.91. The molecule has 4 rings (SSSR count). The Labute approximate surface area is 134 Å². The minimum Gasteiger partial charge on any atom is -0.438 e. The highest BCUT2D eigenvalue weighted by Gasteiger charge is 2.47. The van der Waals surface area contributed by atoms with Crippen molar-refractivity contribution in [3.63, 3.8) is 0 Å². The molecule has 0 amide bonds. The molecule has 1 aromatic heterocycles. The number of likely N-dealkylation sites (tertiary alicyclic amines) is 1. The van der Waals surface area contributed by atoms with Crippen LogP contribution >= 0.6 is 0 Å². The highest BCUT2D eigenvalue weighted by atomic mass is 16.5. The minimum absolute atomic E-state index is 0.0279. The van der Waals surface area contributed by atoms with Gasteiger partial charge in [-0.15, -0.1) is 0 Å². The lowest BCUT2D eigenvalue weighted by atomic mass is 9.71. The van der Waals surface area contributed by atoms with Crippen LogP contribution in [0.15, 0.2) is 42.6 Å². The van der Waals surface area contributed by atoms with Crippen LogP contribution in [-0.4, -0.2) is 28.1 Å². The number of fused-ring (bicyclic) bond motifs is 2. The summed E-state index contributed by atoms with van der Waals surface area (Å²) in [4.78, 5) is 6.04. The number of rotatable bonds is 1. The number of nitriles is 1. The van der Waals surface area contributed by atoms with Crippen molar-refractivity contribution in [1.82, 2.24) is 9.88 Å². The minimum atomic E-state index is -1.13. The number of aliphatic hydroxyl groups is 1. The maximum Gasteiger partial charge on any atom is 0.225 e. The van der Waals surface area contributed by atoms with Gasteiger partial charge in [-0.05, 0) is 37.0 Å². The second-order valence-electron chi connectivity index (χ2n) is 6.08. The number of piperidine rings is 1. The van der Waals surface area contributed by atoms with Gasteiger partial charge in [0, 0.05) is 24.8 Å². The molecule has 3 heterocycles. The van der Waals surface area contributed by atoms with E-state index >= 15 is 0 Å². The number of nitrogens with zero attached hydrogens (tertiary/aromatic N) is 3. The molecule has 0 saturated carbocycles. The van der Waals surface area contributed by atoms with Crippen LogP contribution in [0.5, 0.6) is 11.6 Å². The molecule has 0 bridgehead atoms. The van der Waals surface area contributed by atoms with E-state index in [1.807, 2.05) is 36.4 Å². The summed E-state index contributed by atoms with van der Waals surface area (Å²) in [6, 6.07) is 11.3. The zero-order valence-electron chi connectivity index (χ0n) is 12.6. The highest BCUT2D eigenvalue weighted by molar-refractivity contribution is 5.53. The third kappa shape index (κ3) is 2.07. The SMILES string of the molecule is N#CN1CCC(C2(O)c3ccccc3Oc3ncccc32)CC1. The van der Waals surface area contributed by atoms with Crippen LogP contribution in [0, 0.1) is 17.4 Å². The predicted molar refractivity (Wildman–Crippen MR) is 83.7 cm³/mol. The zero-order chi connectivity index (χ0) is 15.9. The van der Waals surface area contributed by atoms with Crippen LogP contribution < -0.4 is 4.74 Å². The Balaban J connectivity index is 1.82. The van der Waals surface area contributed by atoms with Crippen LogP contribution in [-0.2, 0) is 5.60 Å². The van der Waals surface area contributed by atoms with Crippen LogP contribution in [0.2, 0.25) is 0 Å². The van der Waals surface area contributed by atoms with E-state index in [4.69, 9.17) is 10.00 Å². The Hall–Kier alpha value is -2.58. The first-order valence-electron chi connectivity index (χ1n) is 7.83. The maximum atomic E-state index is 11.7. The van der Waals surface area contributed by atoms with Gasteiger partial charge in [0.2, 0.25) is 5.88 Å². The summed E-state index contributed by atoms with van der Waals surface area (Å²) in [5.41, 5.74) is 0.380. The molecule has 2 aromatic rings. The fraction of sp³-hybridized carbons (Fsp3) is 0.333. The summed E-state index contributed by atoms with van der Waals surface area (Å²) in [5, 5.41) is 20.8. The van der Waals surface area contributed by atoms with E-state index in [2.05, 4.69) is 11.2 Å². The lowest BCUT2D eigenvalue weighted by molar-refractivity contribution is -0.0155. The van der Waals surface area contributed by atoms with E-state index in [9.17, 15) is 5.11 Å². The fourth-order valence-corrected chi connectivity index (χ4v) is 3.72. The normalized spacial score (nSPS) is 23.4. The first kappa shape index (κ1) is 14.0. The second kappa shape index (κ2) is 5.25. The van der Waals surface area contributed by atoms with Crippen LogP contribution in [0.25, 0.3) is 0 Å². The van der Waals surface area contributed by atoms with Crippen LogP contribution in [0.4, 0.5) is 0 Å². The Kier molecular flexibility index (Phi) is 3.21. The van der Waals surface area contributed by atoms with E-state index in [0.717, 1.165) is 18.4 Å². The standard InChI is InChI=1S/C18H17N3O2/c19-12-21-10-7-13(8-11-21)18(22)14-4-1-2-6-16(14)23-17-15(18)5-3-9-20-17/h1-6,9,13,22H,7-8,10-11H2. The molecule has 2 aliphatic rings. The van der Waals surface area contributed by atoms with Gasteiger partial charge >= 0.3 is 0 Å². The highest BCUT2D eigenvalue weighted by Crippen LogP contribution is 2.51. The van der Waals surface area contributed by atoms with Crippen LogP contribution in [0.1, 0.15) is 24.0 Å². The lowest BCUT2D eigenvalue weighted by Crippen LogP contribution is -2.44. The molecular formula is C18H17N3O2. The number of ether oxygens (including phenoxy) is 1. The Bertz CT molecular complexity index is 730. The van der Waals surface area contributed by atoms with Crippen LogP contribution in [0.3, 0.4) is 0 Å². The molecule has 2 aliphatic heterocycles. The van der Waals surface area contributed by atoms with E-state index in [0.29, 0.717) is 30.3 Å². The summed E-state index contributed by atoms with van der Waals surface area (Å²) in [6.07, 6.45) is 5.38. The molecule has 5 heteroatoms. The Morgan fingerprint density at radius 1 is 1.17 bits per heavy atom. The van der Waals surface area contributed by atoms with E-state index in [-0.39, 0.29) is 5.92 Å². The van der Waals surface area contributed by atoms with Crippen molar-refractivity contribution in [3.05, 3.63) is 53.7 Å². The molecule has 0 aliphatic carbocycles. The number of para-hydroxylation sites is 1. The van der Waals surface area contributed by atoms with E-state index < -0.39 is 5.60 Å². The van der Waals surface area contributed by atoms with Crippen molar-refractivity contribution >= 4 is 0 Å². The van der Waals surface area contributed by atoms with Crippen molar-refractivity contribution in [2.45, 2.75) is 18.4 Å². The van der Waals surface area contributed by atoms with Gasteiger partial charge in [-0.2, -0.15) is 5.26 Å². The predicted octanol–water partition coefficient (Wildman–Crippen LogP) is 2.62. The third-order valence-corrected chi connectivity index (χ3v) is 4.91. The Morgan fingerprint density at radius 3 is 2.70 bits per heavy atom. The molecule has 1 saturated heterocycles. The summed E-state index contributed by atoms with van der Waals surface area (Å²) < 4.78 is 5.87. The van der Waals surface area contributed by atoms with Crippen molar-refractivity contribution in [2.24, 2.45) is 5.92 Å². The molecule has 1 N–H and O–H groups in total. The van der Waals surface area contributed by atoms with E-state index in [1.165, 1.54) is 0 Å². The average Bonchev–Trinajstić information content (AvgIpc) is 2.62. The van der Waals surface area contributed by atoms with Gasteiger partial charge < -0.3 is 14.7 Å². The maximum absolute atomic E-state index is 11.7. The molecule has 5 nitrogen and oxygen atoms in total. The molecule has 1 fully saturated rings.